The average Bonchev–Trinajstić information content (AvgIpc) is 3.25. The normalized spacial score (nSPS) is 51.5. The molecule has 0 spiro atoms. The molecule has 13 atom stereocenters. The largest absolute Gasteiger partial charge is 0.467 e. The Bertz CT molecular complexity index is 880. The van der Waals surface area contributed by atoms with Crippen LogP contribution in [0.3, 0.4) is 0 Å². The molecule has 0 amide bonds. The first kappa shape index (κ1) is 27.5. The van der Waals surface area contributed by atoms with Crippen molar-refractivity contribution in [2.45, 2.75) is 108 Å². The van der Waals surface area contributed by atoms with Crippen molar-refractivity contribution >= 4 is 11.8 Å². The van der Waals surface area contributed by atoms with Crippen LogP contribution in [0.1, 0.15) is 71.6 Å². The van der Waals surface area contributed by atoms with Crippen LogP contribution in [-0.4, -0.2) is 82.7 Å². The molecule has 9 heteroatoms. The van der Waals surface area contributed by atoms with E-state index in [0.717, 1.165) is 57.8 Å². The second-order valence-electron chi connectivity index (χ2n) is 12.9. The molecule has 0 radical (unpaired) electrons. The summed E-state index contributed by atoms with van der Waals surface area (Å²) in [5.41, 5.74) is 0.181. The van der Waals surface area contributed by atoms with E-state index in [1.54, 1.807) is 0 Å². The molecule has 4 N–H and O–H groups in total. The number of aliphatic hydroxyl groups is 4. The molecule has 9 nitrogen and oxygen atoms in total. The van der Waals surface area contributed by atoms with E-state index in [1.807, 2.05) is 0 Å². The topological polar surface area (TPSA) is 143 Å². The number of hydrogen-bond donors (Lipinski definition) is 4. The summed E-state index contributed by atoms with van der Waals surface area (Å²) in [5, 5.41) is 40.5. The Morgan fingerprint density at radius 3 is 2.30 bits per heavy atom. The lowest BCUT2D eigenvalue weighted by Gasteiger charge is -2.61. The van der Waals surface area contributed by atoms with Gasteiger partial charge in [0.05, 0.1) is 13.2 Å². The zero-order valence-corrected chi connectivity index (χ0v) is 22.3. The van der Waals surface area contributed by atoms with Gasteiger partial charge in [0.2, 0.25) is 0 Å². The average molecular weight is 525 g/mol. The van der Waals surface area contributed by atoms with Gasteiger partial charge in [-0.1, -0.05) is 13.8 Å². The molecular weight excluding hydrogens is 480 g/mol. The summed E-state index contributed by atoms with van der Waals surface area (Å²) in [5.74, 6) is 1.39. The Balaban J connectivity index is 1.25. The number of carbonyl (C=O) groups is 2. The fraction of sp³-hybridized carbons (Fsp3) is 0.929. The first-order valence-electron chi connectivity index (χ1n) is 14.1. The zero-order chi connectivity index (χ0) is 26.7. The number of esters is 1. The molecule has 5 aliphatic rings. The Morgan fingerprint density at radius 1 is 0.892 bits per heavy atom. The third-order valence-corrected chi connectivity index (χ3v) is 11.5. The van der Waals surface area contributed by atoms with Gasteiger partial charge in [-0.2, -0.15) is 0 Å². The van der Waals surface area contributed by atoms with E-state index in [9.17, 15) is 30.0 Å². The monoisotopic (exact) mass is 524 g/mol. The van der Waals surface area contributed by atoms with Crippen molar-refractivity contribution in [3.63, 3.8) is 0 Å². The summed E-state index contributed by atoms with van der Waals surface area (Å²) in [4.78, 5) is 24.5. The first-order valence-corrected chi connectivity index (χ1v) is 14.1. The molecular formula is C28H44O9. The van der Waals surface area contributed by atoms with Crippen molar-refractivity contribution in [3.05, 3.63) is 0 Å². The van der Waals surface area contributed by atoms with Crippen LogP contribution in [0.4, 0.5) is 0 Å². The van der Waals surface area contributed by atoms with Gasteiger partial charge >= 0.3 is 5.97 Å². The summed E-state index contributed by atoms with van der Waals surface area (Å²) < 4.78 is 16.4. The van der Waals surface area contributed by atoms with E-state index in [2.05, 4.69) is 18.6 Å². The fourth-order valence-corrected chi connectivity index (χ4v) is 9.44. The van der Waals surface area contributed by atoms with Gasteiger partial charge < -0.3 is 34.6 Å². The van der Waals surface area contributed by atoms with Crippen LogP contribution in [0.5, 0.6) is 0 Å². The quantitative estimate of drug-likeness (QED) is 0.311. The summed E-state index contributed by atoms with van der Waals surface area (Å²) in [6.07, 6.45) is 1.50. The summed E-state index contributed by atoms with van der Waals surface area (Å²) in [7, 11) is 1.17. The van der Waals surface area contributed by atoms with Crippen LogP contribution in [0.2, 0.25) is 0 Å². The van der Waals surface area contributed by atoms with E-state index in [1.165, 1.54) is 7.11 Å². The molecule has 4 saturated carbocycles. The number of fused-ring (bicyclic) bond motifs is 5. The maximum absolute atomic E-state index is 12.5. The highest BCUT2D eigenvalue weighted by atomic mass is 16.7. The SMILES string of the molecule is COC(=O)[C@@H]1O[C@@H](O[C@@H]2CC[C@]3(C)[C@H](CC[C@H]4[C@H]5CC[C@H](C(=O)CO)[C@@]5(C)CC[C@@H]43)C2)[C@H](O)[C@@H](O)[C@@H]1O. The van der Waals surface area contributed by atoms with Crippen molar-refractivity contribution < 1.29 is 44.2 Å². The lowest BCUT2D eigenvalue weighted by Crippen LogP contribution is -2.61. The fourth-order valence-electron chi connectivity index (χ4n) is 9.44. The first-order chi connectivity index (χ1) is 17.5. The van der Waals surface area contributed by atoms with Gasteiger partial charge in [0.15, 0.2) is 18.2 Å². The highest BCUT2D eigenvalue weighted by Gasteiger charge is 2.61. The Hall–Kier alpha value is -1.10. The number of aliphatic hydroxyl groups excluding tert-OH is 4. The molecule has 5 rings (SSSR count). The third kappa shape index (κ3) is 4.38. The van der Waals surface area contributed by atoms with E-state index >= 15 is 0 Å². The lowest BCUT2D eigenvalue weighted by molar-refractivity contribution is -0.310. The highest BCUT2D eigenvalue weighted by molar-refractivity contribution is 5.83. The van der Waals surface area contributed by atoms with Gasteiger partial charge in [-0.25, -0.2) is 4.79 Å². The van der Waals surface area contributed by atoms with Crippen LogP contribution in [0.25, 0.3) is 0 Å². The van der Waals surface area contributed by atoms with Gasteiger partial charge in [0, 0.05) is 5.92 Å². The van der Waals surface area contributed by atoms with E-state index in [4.69, 9.17) is 9.47 Å². The second kappa shape index (κ2) is 10.1. The Kier molecular flexibility index (Phi) is 7.53. The van der Waals surface area contributed by atoms with Crippen LogP contribution in [0.15, 0.2) is 0 Å². The summed E-state index contributed by atoms with van der Waals surface area (Å²) in [6.45, 7) is 4.37. The third-order valence-electron chi connectivity index (χ3n) is 11.5. The van der Waals surface area contributed by atoms with Crippen molar-refractivity contribution in [1.29, 1.82) is 0 Å². The predicted molar refractivity (Wildman–Crippen MR) is 131 cm³/mol. The molecule has 5 fully saturated rings. The molecule has 0 bridgehead atoms. The number of ether oxygens (including phenoxy) is 3. The molecule has 4 aliphatic carbocycles. The standard InChI is InChI=1S/C28H44O9/c1-27-10-8-15(36-26-23(33)21(31)22(32)24(37-26)25(34)35-3)12-14(27)4-5-16-17-6-7-19(20(30)13-29)28(17,2)11-9-18(16)27/h14-19,21-24,26,29,31-33H,4-13H2,1-3H3/t14-,15-,16+,17-,18+,19-,21+,22+,23-,24-,26-,27-,28+/m1/s1. The minimum absolute atomic E-state index is 0.000525. The minimum Gasteiger partial charge on any atom is -0.467 e. The molecule has 37 heavy (non-hydrogen) atoms. The molecule has 0 aromatic heterocycles. The van der Waals surface area contributed by atoms with Crippen LogP contribution in [-0.2, 0) is 23.8 Å². The van der Waals surface area contributed by atoms with Crippen molar-refractivity contribution in [2.75, 3.05) is 13.7 Å². The zero-order valence-electron chi connectivity index (χ0n) is 22.3. The molecule has 1 saturated heterocycles. The molecule has 1 aliphatic heterocycles. The minimum atomic E-state index is -1.59. The number of carbonyl (C=O) groups excluding carboxylic acids is 2. The van der Waals surface area contributed by atoms with Crippen LogP contribution >= 0.6 is 0 Å². The van der Waals surface area contributed by atoms with Crippen LogP contribution < -0.4 is 0 Å². The van der Waals surface area contributed by atoms with Gasteiger partial charge in [0.25, 0.3) is 0 Å². The van der Waals surface area contributed by atoms with Crippen LogP contribution in [0, 0.1) is 40.4 Å². The number of ketones is 1. The van der Waals surface area contributed by atoms with E-state index in [0.29, 0.717) is 23.7 Å². The van der Waals surface area contributed by atoms with Crippen molar-refractivity contribution in [2.24, 2.45) is 40.4 Å². The lowest BCUT2D eigenvalue weighted by atomic mass is 9.44. The number of rotatable bonds is 5. The Labute approximate surface area is 218 Å². The number of Topliss-reactive ketones (excluding diaryl/α,β-unsaturated/α-hetero) is 1. The molecule has 0 unspecified atom stereocenters. The smallest absolute Gasteiger partial charge is 0.337 e. The van der Waals surface area contributed by atoms with Gasteiger partial charge in [-0.15, -0.1) is 0 Å². The predicted octanol–water partition coefficient (Wildman–Crippen LogP) is 1.57. The van der Waals surface area contributed by atoms with Gasteiger partial charge in [-0.05, 0) is 92.3 Å². The number of methoxy groups -OCH3 is 1. The summed E-state index contributed by atoms with van der Waals surface area (Å²) in [6, 6.07) is 0. The number of hydrogen-bond acceptors (Lipinski definition) is 9. The maximum Gasteiger partial charge on any atom is 0.337 e. The van der Waals surface area contributed by atoms with Crippen molar-refractivity contribution in [1.82, 2.24) is 0 Å². The van der Waals surface area contributed by atoms with E-state index < -0.39 is 36.7 Å². The van der Waals surface area contributed by atoms with Gasteiger partial charge in [0.1, 0.15) is 24.9 Å². The molecule has 210 valence electrons. The van der Waals surface area contributed by atoms with E-state index in [-0.39, 0.29) is 35.2 Å². The molecule has 0 aromatic rings. The second-order valence-corrected chi connectivity index (χ2v) is 12.9. The molecule has 1 heterocycles. The maximum atomic E-state index is 12.5. The summed E-state index contributed by atoms with van der Waals surface area (Å²) >= 11 is 0. The van der Waals surface area contributed by atoms with Gasteiger partial charge in [-0.3, -0.25) is 4.79 Å². The highest BCUT2D eigenvalue weighted by Crippen LogP contribution is 2.67. The van der Waals surface area contributed by atoms with Crippen molar-refractivity contribution in [3.8, 4) is 0 Å². The Morgan fingerprint density at radius 2 is 1.59 bits per heavy atom. The molecule has 0 aromatic carbocycles.